The van der Waals surface area contributed by atoms with Gasteiger partial charge in [-0.15, -0.1) is 4.68 Å². The molecule has 0 saturated heterocycles. The van der Waals surface area contributed by atoms with Crippen LogP contribution in [0.5, 0.6) is 0 Å². The lowest BCUT2D eigenvalue weighted by Gasteiger charge is -1.85. The predicted octanol–water partition coefficient (Wildman–Crippen LogP) is 0.881. The molecule has 0 N–H and O–H groups in total. The lowest BCUT2D eigenvalue weighted by molar-refractivity contribution is -0.556. The second-order valence-corrected chi connectivity index (χ2v) is 3.31. The lowest BCUT2D eigenvalue weighted by Crippen LogP contribution is -2.20. The quantitative estimate of drug-likeness (QED) is 0.480. The first-order valence-corrected chi connectivity index (χ1v) is 4.93. The molecule has 0 amide bonds. The van der Waals surface area contributed by atoms with Crippen LogP contribution in [-0.2, 0) is 7.05 Å². The van der Waals surface area contributed by atoms with Crippen LogP contribution >= 0.6 is 11.8 Å². The third-order valence-electron chi connectivity index (χ3n) is 1.79. The summed E-state index contributed by atoms with van der Waals surface area (Å²) in [6, 6.07) is 6.07. The van der Waals surface area contributed by atoms with Gasteiger partial charge in [0.1, 0.15) is 0 Å². The summed E-state index contributed by atoms with van der Waals surface area (Å²) < 4.78 is 3.95. The van der Waals surface area contributed by atoms with Crippen LogP contribution in [0.1, 0.15) is 0 Å². The Morgan fingerprint density at radius 1 is 1.50 bits per heavy atom. The van der Waals surface area contributed by atoms with Gasteiger partial charge in [-0.3, -0.25) is 0 Å². The largest absolute Gasteiger partial charge is 0.341 e. The van der Waals surface area contributed by atoms with Gasteiger partial charge in [0.05, 0.1) is 18.3 Å². The van der Waals surface area contributed by atoms with Gasteiger partial charge in [-0.25, -0.2) is 0 Å². The fourth-order valence-corrected chi connectivity index (χ4v) is 1.78. The molecule has 0 aromatic carbocycles. The normalized spacial score (nSPS) is 10.8. The first-order chi connectivity index (χ1) is 5.83. The zero-order chi connectivity index (χ0) is 8.55. The van der Waals surface area contributed by atoms with E-state index in [1.165, 1.54) is 0 Å². The molecular weight excluding hydrogens is 170 g/mol. The Kier molecular flexibility index (Phi) is 1.77. The molecule has 3 nitrogen and oxygen atoms in total. The maximum absolute atomic E-state index is 4.35. The molecule has 0 aliphatic heterocycles. The minimum absolute atomic E-state index is 1.02. The summed E-state index contributed by atoms with van der Waals surface area (Å²) >= 11 is 1.65. The van der Waals surface area contributed by atoms with E-state index in [0.717, 1.165) is 10.8 Å². The Bertz CT molecular complexity index is 408. The number of hydrogen-bond donors (Lipinski definition) is 0. The van der Waals surface area contributed by atoms with Gasteiger partial charge < -0.3 is 0 Å². The van der Waals surface area contributed by atoms with Gasteiger partial charge in [0.15, 0.2) is 0 Å². The van der Waals surface area contributed by atoms with Gasteiger partial charge in [-0.2, -0.15) is 4.40 Å². The number of hydrogen-bond acceptors (Lipinski definition) is 2. The van der Waals surface area contributed by atoms with E-state index in [9.17, 15) is 0 Å². The summed E-state index contributed by atoms with van der Waals surface area (Å²) in [4.78, 5) is 0. The molecule has 2 aromatic heterocycles. The van der Waals surface area contributed by atoms with Crippen LogP contribution in [0.3, 0.4) is 0 Å². The molecule has 0 fully saturated rings. The first-order valence-electron chi connectivity index (χ1n) is 3.70. The van der Waals surface area contributed by atoms with Crippen LogP contribution in [0.2, 0.25) is 0 Å². The second kappa shape index (κ2) is 2.79. The van der Waals surface area contributed by atoms with Crippen molar-refractivity contribution in [3.63, 3.8) is 0 Å². The number of fused-ring (bicyclic) bond motifs is 1. The summed E-state index contributed by atoms with van der Waals surface area (Å²) in [5.41, 5.74) is 1.11. The van der Waals surface area contributed by atoms with Crippen LogP contribution in [0, 0.1) is 0 Å². The highest BCUT2D eigenvalue weighted by atomic mass is 32.2. The highest BCUT2D eigenvalue weighted by molar-refractivity contribution is 7.98. The van der Waals surface area contributed by atoms with Crippen molar-refractivity contribution in [1.82, 2.24) is 9.78 Å². The highest BCUT2D eigenvalue weighted by Crippen LogP contribution is 2.06. The average molecular weight is 180 g/mol. The highest BCUT2D eigenvalue weighted by Gasteiger charge is 2.13. The van der Waals surface area contributed by atoms with Crippen molar-refractivity contribution >= 4 is 17.4 Å². The molecule has 0 unspecified atom stereocenters. The SMILES string of the molecule is CSc1nn(C)c2cccc[n+]12. The minimum atomic E-state index is 1.02. The molecule has 0 saturated carbocycles. The summed E-state index contributed by atoms with van der Waals surface area (Å²) in [5.74, 6) is 0. The van der Waals surface area contributed by atoms with Crippen molar-refractivity contribution in [2.24, 2.45) is 7.05 Å². The van der Waals surface area contributed by atoms with Crippen molar-refractivity contribution in [2.75, 3.05) is 6.26 Å². The molecular formula is C8H10N3S+. The van der Waals surface area contributed by atoms with Crippen LogP contribution < -0.4 is 4.40 Å². The van der Waals surface area contributed by atoms with E-state index < -0.39 is 0 Å². The third kappa shape index (κ3) is 0.992. The lowest BCUT2D eigenvalue weighted by atomic mass is 10.5. The van der Waals surface area contributed by atoms with Crippen LogP contribution in [0.4, 0.5) is 0 Å². The third-order valence-corrected chi connectivity index (χ3v) is 2.44. The van der Waals surface area contributed by atoms with Gasteiger partial charge in [0, 0.05) is 6.07 Å². The zero-order valence-corrected chi connectivity index (χ0v) is 7.88. The van der Waals surface area contributed by atoms with Crippen LogP contribution in [0.15, 0.2) is 29.6 Å². The average Bonchev–Trinajstić information content (AvgIpc) is 2.44. The van der Waals surface area contributed by atoms with Gasteiger partial charge in [0.2, 0.25) is 0 Å². The molecule has 0 bridgehead atoms. The van der Waals surface area contributed by atoms with E-state index >= 15 is 0 Å². The number of aryl methyl sites for hydroxylation is 1. The number of aromatic nitrogens is 3. The van der Waals surface area contributed by atoms with E-state index in [2.05, 4.69) is 9.50 Å². The number of nitrogens with zero attached hydrogens (tertiary/aromatic N) is 3. The van der Waals surface area contributed by atoms with E-state index in [1.54, 1.807) is 11.8 Å². The number of rotatable bonds is 1. The molecule has 0 radical (unpaired) electrons. The van der Waals surface area contributed by atoms with Crippen molar-refractivity contribution < 1.29 is 4.40 Å². The fourth-order valence-electron chi connectivity index (χ4n) is 1.23. The zero-order valence-electron chi connectivity index (χ0n) is 7.06. The van der Waals surface area contributed by atoms with E-state index in [0.29, 0.717) is 0 Å². The van der Waals surface area contributed by atoms with Gasteiger partial charge in [-0.1, -0.05) is 17.8 Å². The van der Waals surface area contributed by atoms with Gasteiger partial charge in [0.25, 0.3) is 5.65 Å². The topological polar surface area (TPSA) is 21.9 Å². The summed E-state index contributed by atoms with van der Waals surface area (Å²) in [5, 5.41) is 5.37. The molecule has 12 heavy (non-hydrogen) atoms. The van der Waals surface area contributed by atoms with Crippen molar-refractivity contribution in [2.45, 2.75) is 5.16 Å². The maximum Gasteiger partial charge on any atom is 0.341 e. The van der Waals surface area contributed by atoms with Crippen molar-refractivity contribution in [3.05, 3.63) is 24.4 Å². The Morgan fingerprint density at radius 3 is 3.08 bits per heavy atom. The Hall–Kier alpha value is -1.03. The van der Waals surface area contributed by atoms with E-state index in [-0.39, 0.29) is 0 Å². The maximum atomic E-state index is 4.35. The monoisotopic (exact) mass is 180 g/mol. The summed E-state index contributed by atoms with van der Waals surface area (Å²) in [7, 11) is 1.95. The standard InChI is InChI=1S/C8H10N3S/c1-10-7-5-3-4-6-11(7)8(9-10)12-2/h3-6H,1-2H3/q+1. The Labute approximate surface area is 75.0 Å². The molecule has 0 spiro atoms. The fraction of sp³-hybridized carbons (Fsp3) is 0.250. The number of pyridine rings is 1. The Morgan fingerprint density at radius 2 is 2.33 bits per heavy atom. The molecule has 0 atom stereocenters. The molecule has 2 rings (SSSR count). The van der Waals surface area contributed by atoms with E-state index in [4.69, 9.17) is 0 Å². The minimum Gasteiger partial charge on any atom is -0.192 e. The summed E-state index contributed by atoms with van der Waals surface area (Å²) in [6.45, 7) is 0. The van der Waals surface area contributed by atoms with Gasteiger partial charge >= 0.3 is 5.16 Å². The van der Waals surface area contributed by atoms with Crippen LogP contribution in [-0.4, -0.2) is 16.0 Å². The predicted molar refractivity (Wildman–Crippen MR) is 48.1 cm³/mol. The molecule has 0 aliphatic rings. The summed E-state index contributed by atoms with van der Waals surface area (Å²) in [6.07, 6.45) is 4.05. The number of thioether (sulfide) groups is 1. The Balaban J connectivity index is 2.82. The smallest absolute Gasteiger partial charge is 0.192 e. The molecule has 2 aromatic rings. The molecule has 4 heteroatoms. The van der Waals surface area contributed by atoms with Crippen molar-refractivity contribution in [1.29, 1.82) is 0 Å². The molecule has 2 heterocycles. The van der Waals surface area contributed by atoms with Crippen LogP contribution in [0.25, 0.3) is 5.65 Å². The van der Waals surface area contributed by atoms with Gasteiger partial charge in [-0.05, 0) is 12.3 Å². The van der Waals surface area contributed by atoms with E-state index in [1.807, 2.05) is 42.4 Å². The second-order valence-electron chi connectivity index (χ2n) is 2.54. The molecule has 0 aliphatic carbocycles. The molecule has 62 valence electrons. The van der Waals surface area contributed by atoms with Crippen molar-refractivity contribution in [3.8, 4) is 0 Å². The first kappa shape index (κ1) is 7.61.